The molecule has 0 atom stereocenters. The summed E-state index contributed by atoms with van der Waals surface area (Å²) in [4.78, 5) is 4.37. The highest BCUT2D eigenvalue weighted by Gasteiger charge is 2.23. The van der Waals surface area contributed by atoms with Crippen LogP contribution in [0.25, 0.3) is 22.3 Å². The van der Waals surface area contributed by atoms with Crippen LogP contribution in [0.4, 0.5) is 8.78 Å². The van der Waals surface area contributed by atoms with Crippen LogP contribution < -0.4 is 0 Å². The summed E-state index contributed by atoms with van der Waals surface area (Å²) >= 11 is 0. The maximum Gasteiger partial charge on any atom is 0.282 e. The maximum atomic E-state index is 13.5. The van der Waals surface area contributed by atoms with Gasteiger partial charge in [-0.3, -0.25) is 4.68 Å². The van der Waals surface area contributed by atoms with Gasteiger partial charge in [-0.2, -0.15) is 10.4 Å². The molecule has 0 saturated carbocycles. The van der Waals surface area contributed by atoms with Gasteiger partial charge in [0.1, 0.15) is 18.1 Å². The van der Waals surface area contributed by atoms with Crippen molar-refractivity contribution in [2.45, 2.75) is 38.8 Å². The second-order valence-corrected chi connectivity index (χ2v) is 13.5. The van der Waals surface area contributed by atoms with Crippen LogP contribution in [0.5, 0.6) is 0 Å². The van der Waals surface area contributed by atoms with Gasteiger partial charge in [-0.05, 0) is 18.2 Å². The lowest BCUT2D eigenvalue weighted by molar-refractivity contribution is 0.0908. The molecule has 28 heavy (non-hydrogen) atoms. The summed E-state index contributed by atoms with van der Waals surface area (Å²) in [7, 11) is 0.352. The molecule has 3 heterocycles. The van der Waals surface area contributed by atoms with Crippen LogP contribution >= 0.6 is 0 Å². The lowest BCUT2D eigenvalue weighted by Crippen LogP contribution is -2.22. The summed E-state index contributed by atoms with van der Waals surface area (Å²) in [6.07, 6.45) is 0.389. The fraction of sp³-hybridized carbons (Fsp3) is 0.421. The number of aryl methyl sites for hydroxylation is 1. The summed E-state index contributed by atoms with van der Waals surface area (Å²) in [6.45, 7) is 7.54. The van der Waals surface area contributed by atoms with E-state index in [1.165, 1.54) is 4.68 Å². The molecule has 0 aliphatic heterocycles. The van der Waals surface area contributed by atoms with Gasteiger partial charge < -0.3 is 9.30 Å². The average Bonchev–Trinajstić information content (AvgIpc) is 3.18. The van der Waals surface area contributed by atoms with Crippen molar-refractivity contribution in [3.63, 3.8) is 0 Å². The van der Waals surface area contributed by atoms with Gasteiger partial charge in [0.15, 0.2) is 0 Å². The van der Waals surface area contributed by atoms with Crippen molar-refractivity contribution >= 4 is 19.1 Å². The largest absolute Gasteiger partial charge is 0.361 e. The van der Waals surface area contributed by atoms with Crippen LogP contribution in [-0.2, 0) is 18.5 Å². The number of pyridine rings is 1. The van der Waals surface area contributed by atoms with E-state index in [4.69, 9.17) is 4.74 Å². The summed E-state index contributed by atoms with van der Waals surface area (Å²) in [5.41, 5.74) is 1.50. The number of nitriles is 1. The standard InChI is InChI=1S/C19H23F2N5OSi/c1-25-11-15(17(24-25)18(20)21)16-9-14-13(10-22)5-6-23-19(14)26(16)12-27-7-8-28(2,3)4/h5-6,9,11,18H,7-8,12H2,1-4H3. The molecular formula is C19H23F2N5OSi. The molecule has 0 amide bonds. The summed E-state index contributed by atoms with van der Waals surface area (Å²) in [5, 5.41) is 13.9. The van der Waals surface area contributed by atoms with E-state index in [1.54, 1.807) is 36.1 Å². The van der Waals surface area contributed by atoms with Gasteiger partial charge in [-0.15, -0.1) is 0 Å². The molecule has 0 radical (unpaired) electrons. The Bertz CT molecular complexity index is 1030. The Morgan fingerprint density at radius 1 is 1.32 bits per heavy atom. The molecule has 0 saturated heterocycles. The molecule has 0 bridgehead atoms. The van der Waals surface area contributed by atoms with Gasteiger partial charge in [0.2, 0.25) is 0 Å². The lowest BCUT2D eigenvalue weighted by Gasteiger charge is -2.16. The Morgan fingerprint density at radius 3 is 2.71 bits per heavy atom. The zero-order chi connectivity index (χ0) is 20.5. The first kappa shape index (κ1) is 20.2. The number of halogens is 2. The molecule has 0 aromatic carbocycles. The predicted octanol–water partition coefficient (Wildman–Crippen LogP) is 4.56. The third-order valence-corrected chi connectivity index (χ3v) is 6.18. The van der Waals surface area contributed by atoms with Crippen molar-refractivity contribution in [3.8, 4) is 17.3 Å². The number of nitrogens with zero attached hydrogens (tertiary/aromatic N) is 5. The molecule has 0 N–H and O–H groups in total. The maximum absolute atomic E-state index is 13.5. The van der Waals surface area contributed by atoms with Crippen molar-refractivity contribution in [2.24, 2.45) is 7.05 Å². The van der Waals surface area contributed by atoms with Gasteiger partial charge in [0.25, 0.3) is 6.43 Å². The van der Waals surface area contributed by atoms with Crippen molar-refractivity contribution in [1.29, 1.82) is 5.26 Å². The van der Waals surface area contributed by atoms with E-state index in [0.717, 1.165) is 6.04 Å². The van der Waals surface area contributed by atoms with E-state index in [1.807, 2.05) is 0 Å². The third kappa shape index (κ3) is 4.13. The third-order valence-electron chi connectivity index (χ3n) is 4.47. The molecule has 148 valence electrons. The second kappa shape index (κ2) is 7.81. The SMILES string of the molecule is Cn1cc(-c2cc3c(C#N)ccnc3n2COCC[Si](C)(C)C)c(C(F)F)n1. The minimum atomic E-state index is -2.71. The van der Waals surface area contributed by atoms with Gasteiger partial charge in [0, 0.05) is 45.1 Å². The topological polar surface area (TPSA) is 68.7 Å². The molecule has 0 fully saturated rings. The zero-order valence-corrected chi connectivity index (χ0v) is 17.4. The van der Waals surface area contributed by atoms with Gasteiger partial charge >= 0.3 is 0 Å². The quantitative estimate of drug-likeness (QED) is 0.428. The van der Waals surface area contributed by atoms with E-state index in [2.05, 4.69) is 35.8 Å². The minimum Gasteiger partial charge on any atom is -0.361 e. The molecule has 0 aliphatic carbocycles. The highest BCUT2D eigenvalue weighted by molar-refractivity contribution is 6.76. The van der Waals surface area contributed by atoms with Gasteiger partial charge in [-0.1, -0.05) is 19.6 Å². The zero-order valence-electron chi connectivity index (χ0n) is 16.4. The smallest absolute Gasteiger partial charge is 0.282 e. The Kier molecular flexibility index (Phi) is 5.63. The van der Waals surface area contributed by atoms with E-state index in [-0.39, 0.29) is 12.4 Å². The second-order valence-electron chi connectivity index (χ2n) is 7.92. The highest BCUT2D eigenvalue weighted by atomic mass is 28.3. The molecule has 3 rings (SSSR count). The van der Waals surface area contributed by atoms with E-state index < -0.39 is 14.5 Å². The fourth-order valence-electron chi connectivity index (χ4n) is 3.00. The first-order valence-corrected chi connectivity index (χ1v) is 12.7. The van der Waals surface area contributed by atoms with E-state index >= 15 is 0 Å². The number of ether oxygens (including phenoxy) is 1. The van der Waals surface area contributed by atoms with Crippen molar-refractivity contribution in [1.82, 2.24) is 19.3 Å². The number of alkyl halides is 2. The molecule has 9 heteroatoms. The van der Waals surface area contributed by atoms with Crippen molar-refractivity contribution < 1.29 is 13.5 Å². The van der Waals surface area contributed by atoms with Crippen LogP contribution in [0.3, 0.4) is 0 Å². The number of rotatable bonds is 7. The van der Waals surface area contributed by atoms with Gasteiger partial charge in [0.05, 0.1) is 17.3 Å². The first-order chi connectivity index (χ1) is 13.2. The van der Waals surface area contributed by atoms with Crippen molar-refractivity contribution in [2.75, 3.05) is 6.61 Å². The van der Waals surface area contributed by atoms with E-state index in [9.17, 15) is 14.0 Å². The highest BCUT2D eigenvalue weighted by Crippen LogP contribution is 2.34. The minimum absolute atomic E-state index is 0.169. The monoisotopic (exact) mass is 403 g/mol. The number of fused-ring (bicyclic) bond motifs is 1. The molecule has 3 aromatic rings. The number of hydrogen-bond donors (Lipinski definition) is 0. The fourth-order valence-corrected chi connectivity index (χ4v) is 3.75. The van der Waals surface area contributed by atoms with Crippen molar-refractivity contribution in [3.05, 3.63) is 35.8 Å². The summed E-state index contributed by atoms with van der Waals surface area (Å²) < 4.78 is 36.0. The number of hydrogen-bond acceptors (Lipinski definition) is 4. The predicted molar refractivity (Wildman–Crippen MR) is 106 cm³/mol. The van der Waals surface area contributed by atoms with Gasteiger partial charge in [-0.25, -0.2) is 13.8 Å². The van der Waals surface area contributed by atoms with E-state index in [0.29, 0.717) is 34.5 Å². The molecule has 6 nitrogen and oxygen atoms in total. The van der Waals surface area contributed by atoms with Crippen LogP contribution in [0.15, 0.2) is 24.5 Å². The molecule has 0 aliphatic rings. The Labute approximate surface area is 163 Å². The molecule has 0 spiro atoms. The van der Waals surface area contributed by atoms with Crippen LogP contribution in [0, 0.1) is 11.3 Å². The van der Waals surface area contributed by atoms with Crippen LogP contribution in [-0.4, -0.2) is 34.0 Å². The molecular weight excluding hydrogens is 380 g/mol. The van der Waals surface area contributed by atoms with Crippen LogP contribution in [0.1, 0.15) is 17.7 Å². The Morgan fingerprint density at radius 2 is 2.07 bits per heavy atom. The summed E-state index contributed by atoms with van der Waals surface area (Å²) in [6, 6.07) is 6.45. The first-order valence-electron chi connectivity index (χ1n) is 8.99. The Hall–Kier alpha value is -2.57. The van der Waals surface area contributed by atoms with Crippen LogP contribution in [0.2, 0.25) is 25.7 Å². The normalized spacial score (nSPS) is 12.1. The summed E-state index contributed by atoms with van der Waals surface area (Å²) in [5.74, 6) is 0. The number of aromatic nitrogens is 4. The average molecular weight is 404 g/mol. The molecule has 3 aromatic heterocycles. The lowest BCUT2D eigenvalue weighted by atomic mass is 10.1. The Balaban J connectivity index is 2.07. The molecule has 0 unspecified atom stereocenters.